The molecule has 0 bridgehead atoms. The van der Waals surface area contributed by atoms with Gasteiger partial charge in [-0.2, -0.15) is 0 Å². The largest absolute Gasteiger partial charge is 0.459 e. The third-order valence-electron chi connectivity index (χ3n) is 9.63. The Hall–Kier alpha value is -3.80. The van der Waals surface area contributed by atoms with Gasteiger partial charge in [0.15, 0.2) is 11.5 Å². The number of benzene rings is 1. The van der Waals surface area contributed by atoms with E-state index in [0.29, 0.717) is 24.8 Å². The number of ether oxygens (including phenoxy) is 2. The maximum atomic E-state index is 14.4. The first-order valence-electron chi connectivity index (χ1n) is 16.6. The molecule has 3 aromatic rings. The highest BCUT2D eigenvalue weighted by Gasteiger charge is 2.48. The first-order valence-corrected chi connectivity index (χ1v) is 16.6. The van der Waals surface area contributed by atoms with E-state index in [1.807, 2.05) is 26.0 Å². The molecule has 2 heterocycles. The van der Waals surface area contributed by atoms with Crippen LogP contribution in [0, 0.1) is 35.2 Å². The molecule has 1 aliphatic rings. The smallest absolute Gasteiger partial charge is 0.415 e. The summed E-state index contributed by atoms with van der Waals surface area (Å²) in [6.07, 6.45) is 0.918. The average molecular weight is 632 g/mol. The van der Waals surface area contributed by atoms with Gasteiger partial charge >= 0.3 is 12.1 Å². The summed E-state index contributed by atoms with van der Waals surface area (Å²) in [5, 5.41) is 3.20. The number of aromatic nitrogens is 3. The number of nitrogens with zero attached hydrogens (tertiary/aromatic N) is 4. The minimum absolute atomic E-state index is 0.00472. The van der Waals surface area contributed by atoms with E-state index in [-0.39, 0.29) is 57.0 Å². The van der Waals surface area contributed by atoms with E-state index in [2.05, 4.69) is 91.3 Å². The van der Waals surface area contributed by atoms with Crippen molar-refractivity contribution in [2.24, 2.45) is 28.6 Å². The molecule has 0 saturated heterocycles. The summed E-state index contributed by atoms with van der Waals surface area (Å²) in [5.74, 6) is 0.513. The SMILES string of the molecule is [C-]#[N+]c1c(C(=O)OC2C(C(C)(C)C)CC(C)CC2C(C)(C)C)c2nc(-c3ccc(C(C)(C)C)cc3)[nH]n2c1OC(=O)N(CC)CC. The van der Waals surface area contributed by atoms with E-state index in [4.69, 9.17) is 21.0 Å². The van der Waals surface area contributed by atoms with Gasteiger partial charge in [-0.1, -0.05) is 93.5 Å². The highest BCUT2D eigenvalue weighted by Crippen LogP contribution is 2.50. The molecule has 1 fully saturated rings. The van der Waals surface area contributed by atoms with Gasteiger partial charge in [-0.3, -0.25) is 5.10 Å². The fraction of sp³-hybridized carbons (Fsp3) is 0.622. The van der Waals surface area contributed by atoms with E-state index in [1.54, 1.807) is 0 Å². The lowest BCUT2D eigenvalue weighted by Gasteiger charge is -2.50. The maximum Gasteiger partial charge on any atom is 0.415 e. The second kappa shape index (κ2) is 12.8. The Balaban J connectivity index is 1.87. The van der Waals surface area contributed by atoms with Crippen molar-refractivity contribution in [2.45, 2.75) is 107 Å². The van der Waals surface area contributed by atoms with Gasteiger partial charge in [0.25, 0.3) is 5.69 Å². The van der Waals surface area contributed by atoms with Crippen LogP contribution in [0.25, 0.3) is 21.9 Å². The van der Waals surface area contributed by atoms with Crippen molar-refractivity contribution in [3.05, 3.63) is 46.8 Å². The molecule has 1 amide bonds. The van der Waals surface area contributed by atoms with Crippen LogP contribution in [0.5, 0.6) is 5.88 Å². The summed E-state index contributed by atoms with van der Waals surface area (Å²) in [6.45, 7) is 34.6. The second-order valence-electron chi connectivity index (χ2n) is 16.1. The van der Waals surface area contributed by atoms with Crippen LogP contribution in [0.1, 0.15) is 112 Å². The van der Waals surface area contributed by atoms with Crippen molar-refractivity contribution < 1.29 is 19.1 Å². The quantitative estimate of drug-likeness (QED) is 0.216. The van der Waals surface area contributed by atoms with Crippen LogP contribution in [-0.4, -0.2) is 50.8 Å². The highest BCUT2D eigenvalue weighted by atomic mass is 16.6. The summed E-state index contributed by atoms with van der Waals surface area (Å²) in [7, 11) is 0. The third-order valence-corrected chi connectivity index (χ3v) is 9.63. The van der Waals surface area contributed by atoms with E-state index in [1.165, 1.54) is 15.0 Å². The Morgan fingerprint density at radius 2 is 1.52 bits per heavy atom. The molecule has 1 aromatic carbocycles. The topological polar surface area (TPSA) is 93.3 Å². The normalized spacial score (nSPS) is 20.8. The molecule has 2 aromatic heterocycles. The average Bonchev–Trinajstić information content (AvgIpc) is 3.50. The second-order valence-corrected chi connectivity index (χ2v) is 16.1. The van der Waals surface area contributed by atoms with Gasteiger partial charge in [0.05, 0.1) is 6.57 Å². The number of H-pyrrole nitrogens is 1. The fourth-order valence-corrected chi connectivity index (χ4v) is 6.80. The molecule has 0 spiro atoms. The number of carbonyl (C=O) groups excluding carboxylic acids is 2. The van der Waals surface area contributed by atoms with Crippen molar-refractivity contribution >= 4 is 23.4 Å². The van der Waals surface area contributed by atoms with Crippen LogP contribution < -0.4 is 4.74 Å². The van der Waals surface area contributed by atoms with Crippen LogP contribution in [0.4, 0.5) is 10.5 Å². The van der Waals surface area contributed by atoms with Crippen molar-refractivity contribution in [1.29, 1.82) is 0 Å². The van der Waals surface area contributed by atoms with Crippen LogP contribution in [-0.2, 0) is 10.2 Å². The van der Waals surface area contributed by atoms with Gasteiger partial charge < -0.3 is 14.4 Å². The number of amides is 1. The fourth-order valence-electron chi connectivity index (χ4n) is 6.80. The lowest BCUT2D eigenvalue weighted by atomic mass is 9.59. The zero-order valence-corrected chi connectivity index (χ0v) is 29.9. The molecule has 0 aliphatic heterocycles. The Morgan fingerprint density at radius 1 is 0.978 bits per heavy atom. The molecule has 1 saturated carbocycles. The van der Waals surface area contributed by atoms with Crippen LogP contribution in [0.15, 0.2) is 24.3 Å². The number of hydrogen-bond donors (Lipinski definition) is 1. The van der Waals surface area contributed by atoms with Crippen LogP contribution in [0.2, 0.25) is 0 Å². The number of fused-ring (bicyclic) bond motifs is 1. The number of carbonyl (C=O) groups is 2. The molecule has 1 aliphatic carbocycles. The summed E-state index contributed by atoms with van der Waals surface area (Å²) >= 11 is 0. The molecule has 0 radical (unpaired) electrons. The zero-order chi connectivity index (χ0) is 34.4. The van der Waals surface area contributed by atoms with Gasteiger partial charge in [0, 0.05) is 30.5 Å². The van der Waals surface area contributed by atoms with Gasteiger partial charge in [-0.25, -0.2) is 23.9 Å². The van der Waals surface area contributed by atoms with Crippen molar-refractivity contribution in [1.82, 2.24) is 19.5 Å². The Morgan fingerprint density at radius 3 is 1.98 bits per heavy atom. The molecule has 2 atom stereocenters. The zero-order valence-electron chi connectivity index (χ0n) is 29.9. The number of hydrogen-bond acceptors (Lipinski definition) is 5. The minimum atomic E-state index is -0.627. The lowest BCUT2D eigenvalue weighted by Crippen LogP contribution is -2.49. The standard InChI is InChI=1S/C37H53N5O4/c1-14-41(15-2)34(44)46-32-28(38-13)27(31-39-30(40-42(31)32)23-16-18-24(19-17-23)35(4,5)6)33(43)45-29-25(36(7,8)9)20-22(3)21-26(29)37(10,11)12/h16-19,22,25-26,29H,14-15,20-21H2,1-12H3,(H,39,40). The monoisotopic (exact) mass is 631 g/mol. The Labute approximate surface area is 274 Å². The van der Waals surface area contributed by atoms with E-state index in [0.717, 1.165) is 18.4 Å². The van der Waals surface area contributed by atoms with Crippen LogP contribution >= 0.6 is 0 Å². The van der Waals surface area contributed by atoms with E-state index in [9.17, 15) is 9.59 Å². The van der Waals surface area contributed by atoms with Gasteiger partial charge in [-0.15, -0.1) is 0 Å². The molecule has 9 heteroatoms. The van der Waals surface area contributed by atoms with Gasteiger partial charge in [-0.05, 0) is 54.4 Å². The summed E-state index contributed by atoms with van der Waals surface area (Å²) in [5.41, 5.74) is 1.84. The van der Waals surface area contributed by atoms with Crippen molar-refractivity contribution in [3.8, 4) is 17.3 Å². The number of aromatic amines is 1. The first-order chi connectivity index (χ1) is 21.3. The lowest BCUT2D eigenvalue weighted by molar-refractivity contribution is -0.0922. The van der Waals surface area contributed by atoms with Gasteiger partial charge in [0.2, 0.25) is 5.88 Å². The minimum Gasteiger partial charge on any atom is -0.459 e. The molecule has 2 unspecified atom stereocenters. The predicted molar refractivity (Wildman–Crippen MR) is 182 cm³/mol. The molecule has 46 heavy (non-hydrogen) atoms. The maximum absolute atomic E-state index is 14.4. The molecule has 4 rings (SSSR count). The van der Waals surface area contributed by atoms with Crippen molar-refractivity contribution in [2.75, 3.05) is 13.1 Å². The van der Waals surface area contributed by atoms with Gasteiger partial charge in [0.1, 0.15) is 11.7 Å². The molecule has 1 N–H and O–H groups in total. The molecular weight excluding hydrogens is 578 g/mol. The van der Waals surface area contributed by atoms with Crippen molar-refractivity contribution in [3.63, 3.8) is 0 Å². The Bertz CT molecular complexity index is 1580. The number of esters is 1. The third kappa shape index (κ3) is 6.96. The predicted octanol–water partition coefficient (Wildman–Crippen LogP) is 9.30. The number of rotatable bonds is 6. The van der Waals surface area contributed by atoms with E-state index >= 15 is 0 Å². The summed E-state index contributed by atoms with van der Waals surface area (Å²) in [4.78, 5) is 37.6. The first kappa shape index (κ1) is 35.1. The highest BCUT2D eigenvalue weighted by molar-refractivity contribution is 6.05. The number of nitrogens with one attached hydrogen (secondary N) is 1. The molecule has 9 nitrogen and oxygen atoms in total. The molecule has 250 valence electrons. The Kier molecular flexibility index (Phi) is 9.74. The summed E-state index contributed by atoms with van der Waals surface area (Å²) < 4.78 is 13.8. The van der Waals surface area contributed by atoms with E-state index < -0.39 is 12.1 Å². The van der Waals surface area contributed by atoms with Crippen LogP contribution in [0.3, 0.4) is 0 Å². The summed E-state index contributed by atoms with van der Waals surface area (Å²) in [6, 6.07) is 8.05. The molecular formula is C37H53N5O4.